The van der Waals surface area contributed by atoms with Crippen molar-refractivity contribution in [3.8, 4) is 0 Å². The molecule has 2 aromatic heterocycles. The standard InChI is InChI=1S/C25H27F4N7/c1-15-3-6-19(11-20(15)26)35-9-2-10-36-24(35)32-23(33-36)31-22-16-4-5-17(22)14-34(13-16)18-7-8-30-21(12-18)25(27,28)29/h3,6-8,11-12,16-17,22H,2,4-5,9-10,13-14H2,1H3,(H,31,33)/t16-,17?,22?/m0/s1. The van der Waals surface area contributed by atoms with Crippen LogP contribution in [-0.2, 0) is 12.7 Å². The minimum atomic E-state index is -4.46. The van der Waals surface area contributed by atoms with Gasteiger partial charge in [-0.05, 0) is 67.9 Å². The quantitative estimate of drug-likeness (QED) is 0.508. The zero-order valence-electron chi connectivity index (χ0n) is 19.8. The second kappa shape index (κ2) is 8.63. The van der Waals surface area contributed by atoms with Crippen molar-refractivity contribution in [2.24, 2.45) is 11.8 Å². The van der Waals surface area contributed by atoms with Crippen LogP contribution in [0.2, 0.25) is 0 Å². The number of pyridine rings is 1. The van der Waals surface area contributed by atoms with Crippen LogP contribution in [0.3, 0.4) is 0 Å². The highest BCUT2D eigenvalue weighted by Crippen LogP contribution is 2.41. The first-order valence-electron chi connectivity index (χ1n) is 12.3. The van der Waals surface area contributed by atoms with Gasteiger partial charge < -0.3 is 15.1 Å². The van der Waals surface area contributed by atoms with Gasteiger partial charge in [0.25, 0.3) is 0 Å². The number of benzene rings is 1. The lowest BCUT2D eigenvalue weighted by Gasteiger charge is -2.39. The van der Waals surface area contributed by atoms with Gasteiger partial charge in [-0.25, -0.2) is 9.07 Å². The largest absolute Gasteiger partial charge is 0.433 e. The van der Waals surface area contributed by atoms with E-state index in [-0.39, 0.29) is 23.7 Å². The molecule has 190 valence electrons. The average Bonchev–Trinajstić information content (AvgIpc) is 3.36. The van der Waals surface area contributed by atoms with E-state index >= 15 is 0 Å². The molecule has 4 heterocycles. The van der Waals surface area contributed by atoms with Gasteiger partial charge in [-0.2, -0.15) is 18.2 Å². The van der Waals surface area contributed by atoms with Gasteiger partial charge in [-0.1, -0.05) is 6.07 Å². The number of aromatic nitrogens is 4. The van der Waals surface area contributed by atoms with Crippen molar-refractivity contribution in [1.82, 2.24) is 19.7 Å². The predicted octanol–water partition coefficient (Wildman–Crippen LogP) is 5.01. The number of halogens is 4. The summed E-state index contributed by atoms with van der Waals surface area (Å²) in [7, 11) is 0. The highest BCUT2D eigenvalue weighted by molar-refractivity contribution is 5.60. The van der Waals surface area contributed by atoms with Gasteiger partial charge in [0.15, 0.2) is 0 Å². The highest BCUT2D eigenvalue weighted by Gasteiger charge is 2.43. The molecule has 0 amide bonds. The number of hydrogen-bond acceptors (Lipinski definition) is 6. The molecule has 2 fully saturated rings. The predicted molar refractivity (Wildman–Crippen MR) is 128 cm³/mol. The Morgan fingerprint density at radius 2 is 1.78 bits per heavy atom. The normalized spacial score (nSPS) is 23.6. The van der Waals surface area contributed by atoms with E-state index in [0.717, 1.165) is 44.1 Å². The van der Waals surface area contributed by atoms with Gasteiger partial charge in [0.05, 0.1) is 0 Å². The molecule has 3 aromatic rings. The zero-order chi connectivity index (χ0) is 25.0. The summed E-state index contributed by atoms with van der Waals surface area (Å²) in [5, 5.41) is 8.22. The Labute approximate surface area is 206 Å². The molecule has 2 unspecified atom stereocenters. The van der Waals surface area contributed by atoms with E-state index in [2.05, 4.69) is 15.4 Å². The third-order valence-corrected chi connectivity index (χ3v) is 7.64. The smallest absolute Gasteiger partial charge is 0.371 e. The van der Waals surface area contributed by atoms with Crippen LogP contribution in [0.25, 0.3) is 0 Å². The molecule has 1 N–H and O–H groups in total. The van der Waals surface area contributed by atoms with Crippen molar-refractivity contribution >= 4 is 23.3 Å². The minimum Gasteiger partial charge on any atom is -0.371 e. The molecular formula is C25H27F4N7. The van der Waals surface area contributed by atoms with E-state index in [1.54, 1.807) is 19.1 Å². The zero-order valence-corrected chi connectivity index (χ0v) is 19.8. The summed E-state index contributed by atoms with van der Waals surface area (Å²) in [6, 6.07) is 8.14. The Kier molecular flexibility index (Phi) is 5.53. The second-order valence-electron chi connectivity index (χ2n) is 9.97. The van der Waals surface area contributed by atoms with Gasteiger partial charge >= 0.3 is 6.18 Å². The van der Waals surface area contributed by atoms with E-state index in [1.807, 2.05) is 20.5 Å². The molecular weight excluding hydrogens is 474 g/mol. The summed E-state index contributed by atoms with van der Waals surface area (Å²) in [4.78, 5) is 12.3. The van der Waals surface area contributed by atoms with E-state index in [1.165, 1.54) is 12.3 Å². The van der Waals surface area contributed by atoms with E-state index in [9.17, 15) is 17.6 Å². The summed E-state index contributed by atoms with van der Waals surface area (Å²) in [6.07, 6.45) is -0.355. The topological polar surface area (TPSA) is 62.1 Å². The van der Waals surface area contributed by atoms with Crippen molar-refractivity contribution in [3.63, 3.8) is 0 Å². The summed E-state index contributed by atoms with van der Waals surface area (Å²) in [5.74, 6) is 1.53. The van der Waals surface area contributed by atoms with Gasteiger partial charge in [-0.3, -0.25) is 4.98 Å². The van der Waals surface area contributed by atoms with Crippen LogP contribution in [0.1, 0.15) is 30.5 Å². The maximum absolute atomic E-state index is 14.2. The van der Waals surface area contributed by atoms with Crippen molar-refractivity contribution in [2.75, 3.05) is 34.8 Å². The Morgan fingerprint density at radius 1 is 1.00 bits per heavy atom. The van der Waals surface area contributed by atoms with Crippen LogP contribution in [0.15, 0.2) is 36.5 Å². The first-order valence-corrected chi connectivity index (χ1v) is 12.3. The lowest BCUT2D eigenvalue weighted by Crippen LogP contribution is -2.48. The molecule has 0 spiro atoms. The van der Waals surface area contributed by atoms with Gasteiger partial charge in [0, 0.05) is 49.8 Å². The van der Waals surface area contributed by atoms with Crippen molar-refractivity contribution in [2.45, 2.75) is 44.9 Å². The lowest BCUT2D eigenvalue weighted by molar-refractivity contribution is -0.141. The van der Waals surface area contributed by atoms with Crippen molar-refractivity contribution < 1.29 is 17.6 Å². The summed E-state index contributed by atoms with van der Waals surface area (Å²) >= 11 is 0. The maximum atomic E-state index is 14.2. The van der Waals surface area contributed by atoms with Gasteiger partial charge in [-0.15, -0.1) is 5.10 Å². The molecule has 36 heavy (non-hydrogen) atoms. The average molecular weight is 502 g/mol. The molecule has 1 saturated carbocycles. The number of rotatable bonds is 4. The van der Waals surface area contributed by atoms with Crippen LogP contribution in [0.5, 0.6) is 0 Å². The van der Waals surface area contributed by atoms with Crippen LogP contribution >= 0.6 is 0 Å². The molecule has 11 heteroatoms. The molecule has 1 aromatic carbocycles. The van der Waals surface area contributed by atoms with Gasteiger partial charge in [0.1, 0.15) is 11.5 Å². The number of piperidine rings is 1. The summed E-state index contributed by atoms with van der Waals surface area (Å²) < 4.78 is 55.5. The molecule has 3 atom stereocenters. The first-order chi connectivity index (χ1) is 17.3. The number of anilines is 4. The molecule has 3 aliphatic rings. The molecule has 2 bridgehead atoms. The molecule has 6 rings (SSSR count). The fourth-order valence-electron chi connectivity index (χ4n) is 5.81. The number of nitrogens with one attached hydrogen (secondary N) is 1. The Bertz CT molecular complexity index is 1260. The van der Waals surface area contributed by atoms with Crippen LogP contribution < -0.4 is 15.1 Å². The van der Waals surface area contributed by atoms with E-state index < -0.39 is 11.9 Å². The van der Waals surface area contributed by atoms with Crippen LogP contribution in [0.4, 0.5) is 40.8 Å². The number of nitrogens with zero attached hydrogens (tertiary/aromatic N) is 6. The summed E-state index contributed by atoms with van der Waals surface area (Å²) in [6.45, 7) is 4.54. The van der Waals surface area contributed by atoms with Crippen molar-refractivity contribution in [3.05, 3.63) is 53.6 Å². The Balaban J connectivity index is 1.19. The third kappa shape index (κ3) is 4.14. The van der Waals surface area contributed by atoms with Crippen LogP contribution in [0, 0.1) is 24.6 Å². The van der Waals surface area contributed by atoms with E-state index in [4.69, 9.17) is 4.98 Å². The second-order valence-corrected chi connectivity index (χ2v) is 9.97. The molecule has 0 radical (unpaired) electrons. The summed E-state index contributed by atoms with van der Waals surface area (Å²) in [5.41, 5.74) is 1.05. The fraction of sp³-hybridized carbons (Fsp3) is 0.480. The van der Waals surface area contributed by atoms with Gasteiger partial charge in [0.2, 0.25) is 11.9 Å². The Morgan fingerprint density at radius 3 is 2.50 bits per heavy atom. The number of hydrogen-bond donors (Lipinski definition) is 1. The minimum absolute atomic E-state index is 0.153. The van der Waals surface area contributed by atoms with Crippen molar-refractivity contribution in [1.29, 1.82) is 0 Å². The van der Waals surface area contributed by atoms with Crippen LogP contribution in [-0.4, -0.2) is 45.4 Å². The lowest BCUT2D eigenvalue weighted by atomic mass is 9.92. The first kappa shape index (κ1) is 23.1. The monoisotopic (exact) mass is 501 g/mol. The third-order valence-electron chi connectivity index (χ3n) is 7.64. The maximum Gasteiger partial charge on any atom is 0.433 e. The Hall–Kier alpha value is -3.37. The molecule has 1 aliphatic carbocycles. The number of fused-ring (bicyclic) bond motifs is 3. The SMILES string of the molecule is Cc1ccc(N2CCCn3nc(NC4C5CC[C@H]4CN(c4ccnc(C(F)(F)F)c4)C5)nc32)cc1F. The van der Waals surface area contributed by atoms with E-state index in [0.29, 0.717) is 36.2 Å². The number of aryl methyl sites for hydroxylation is 2. The molecule has 2 aliphatic heterocycles. The molecule has 1 saturated heterocycles. The fourth-order valence-corrected chi connectivity index (χ4v) is 5.81. The highest BCUT2D eigenvalue weighted by atomic mass is 19.4. The number of alkyl halides is 3. The molecule has 7 nitrogen and oxygen atoms in total.